The Morgan fingerprint density at radius 2 is 2.05 bits per heavy atom. The number of nitrogen functional groups attached to an aromatic ring is 1. The van der Waals surface area contributed by atoms with E-state index in [4.69, 9.17) is 5.73 Å². The number of aromatic nitrogens is 1. The van der Waals surface area contributed by atoms with Crippen LogP contribution in [-0.2, 0) is 6.42 Å². The number of hydrogen-bond acceptors (Lipinski definition) is 4. The first-order chi connectivity index (χ1) is 9.63. The van der Waals surface area contributed by atoms with E-state index in [0.717, 1.165) is 15.2 Å². The minimum absolute atomic E-state index is 0.326. The number of aliphatic hydroxyl groups excluding tert-OH is 1. The molecule has 0 aliphatic rings. The lowest BCUT2D eigenvalue weighted by atomic mass is 10.0. The van der Waals surface area contributed by atoms with Gasteiger partial charge in [0, 0.05) is 17.7 Å². The number of aliphatic hydroxyl groups is 1. The maximum absolute atomic E-state index is 13.2. The van der Waals surface area contributed by atoms with E-state index in [9.17, 15) is 9.50 Å². The predicted molar refractivity (Wildman–Crippen MR) is 79.1 cm³/mol. The molecule has 1 unspecified atom stereocenters. The van der Waals surface area contributed by atoms with Gasteiger partial charge in [0.25, 0.3) is 0 Å². The number of hydrogen-bond donors (Lipinski definition) is 2. The molecule has 0 aliphatic heterocycles. The highest BCUT2D eigenvalue weighted by molar-refractivity contribution is 7.18. The predicted octanol–water partition coefficient (Wildman–Crippen LogP) is 3.29. The Bertz CT molecular complexity index is 723. The number of nitrogens with two attached hydrogens (primary N) is 1. The molecule has 5 heteroatoms. The van der Waals surface area contributed by atoms with Crippen molar-refractivity contribution in [2.24, 2.45) is 0 Å². The second-order valence-corrected chi connectivity index (χ2v) is 5.68. The van der Waals surface area contributed by atoms with Crippen LogP contribution in [0, 0.1) is 5.82 Å². The molecule has 20 heavy (non-hydrogen) atoms. The topological polar surface area (TPSA) is 59.1 Å². The van der Waals surface area contributed by atoms with Crippen LogP contribution >= 0.6 is 11.3 Å². The minimum Gasteiger partial charge on any atom is -0.398 e. The number of rotatable bonds is 3. The van der Waals surface area contributed by atoms with E-state index >= 15 is 0 Å². The quantitative estimate of drug-likeness (QED) is 0.727. The van der Waals surface area contributed by atoms with Gasteiger partial charge in [-0.3, -0.25) is 0 Å². The highest BCUT2D eigenvalue weighted by Crippen LogP contribution is 2.28. The standard InChI is InChI=1S/C15H13FN2OS/c16-9-5-6-11(17)10(7-9)13(19)8-15-18-12-3-1-2-4-14(12)20-15/h1-7,13,19H,8,17H2. The lowest BCUT2D eigenvalue weighted by Gasteiger charge is -2.12. The SMILES string of the molecule is Nc1ccc(F)cc1C(O)Cc1nc2ccccc2s1. The zero-order valence-electron chi connectivity index (χ0n) is 10.6. The highest BCUT2D eigenvalue weighted by Gasteiger charge is 2.15. The Balaban J connectivity index is 1.88. The Hall–Kier alpha value is -1.98. The third-order valence-corrected chi connectivity index (χ3v) is 4.17. The summed E-state index contributed by atoms with van der Waals surface area (Å²) in [5.74, 6) is -0.405. The van der Waals surface area contributed by atoms with Gasteiger partial charge in [-0.25, -0.2) is 9.37 Å². The van der Waals surface area contributed by atoms with E-state index in [1.165, 1.54) is 29.5 Å². The maximum Gasteiger partial charge on any atom is 0.123 e. The molecule has 2 aromatic carbocycles. The fourth-order valence-electron chi connectivity index (χ4n) is 2.12. The van der Waals surface area contributed by atoms with Gasteiger partial charge in [-0.15, -0.1) is 11.3 Å². The van der Waals surface area contributed by atoms with Crippen molar-refractivity contribution in [3.05, 3.63) is 58.9 Å². The van der Waals surface area contributed by atoms with Crippen LogP contribution in [0.25, 0.3) is 10.2 Å². The molecule has 0 radical (unpaired) electrons. The molecule has 0 amide bonds. The number of benzene rings is 2. The van der Waals surface area contributed by atoms with Gasteiger partial charge in [-0.05, 0) is 30.3 Å². The summed E-state index contributed by atoms with van der Waals surface area (Å²) < 4.78 is 14.3. The third-order valence-electron chi connectivity index (χ3n) is 3.11. The fraction of sp³-hybridized carbons (Fsp3) is 0.133. The molecular formula is C15H13FN2OS. The molecular weight excluding hydrogens is 275 g/mol. The van der Waals surface area contributed by atoms with Crippen LogP contribution in [0.5, 0.6) is 0 Å². The van der Waals surface area contributed by atoms with Gasteiger partial charge in [-0.1, -0.05) is 12.1 Å². The first kappa shape index (κ1) is 13.0. The van der Waals surface area contributed by atoms with Crippen molar-refractivity contribution in [3.63, 3.8) is 0 Å². The van der Waals surface area contributed by atoms with Crippen molar-refractivity contribution in [3.8, 4) is 0 Å². The number of thiazole rings is 1. The molecule has 1 aromatic heterocycles. The zero-order valence-corrected chi connectivity index (χ0v) is 11.4. The van der Waals surface area contributed by atoms with E-state index in [1.54, 1.807) is 0 Å². The Morgan fingerprint density at radius 1 is 1.25 bits per heavy atom. The Kier molecular flexibility index (Phi) is 3.38. The Morgan fingerprint density at radius 3 is 2.85 bits per heavy atom. The van der Waals surface area contributed by atoms with Crippen molar-refractivity contribution in [2.75, 3.05) is 5.73 Å². The average molecular weight is 288 g/mol. The lowest BCUT2D eigenvalue weighted by molar-refractivity contribution is 0.178. The maximum atomic E-state index is 13.2. The summed E-state index contributed by atoms with van der Waals surface area (Å²) in [7, 11) is 0. The summed E-state index contributed by atoms with van der Waals surface area (Å²) in [6.07, 6.45) is -0.529. The van der Waals surface area contributed by atoms with Crippen LogP contribution in [0.2, 0.25) is 0 Å². The second kappa shape index (κ2) is 5.19. The van der Waals surface area contributed by atoms with Gasteiger partial charge in [0.15, 0.2) is 0 Å². The summed E-state index contributed by atoms with van der Waals surface area (Å²) in [5, 5.41) is 11.0. The van der Waals surface area contributed by atoms with Gasteiger partial charge >= 0.3 is 0 Å². The van der Waals surface area contributed by atoms with E-state index < -0.39 is 11.9 Å². The monoisotopic (exact) mass is 288 g/mol. The van der Waals surface area contributed by atoms with Gasteiger partial charge in [0.05, 0.1) is 21.3 Å². The smallest absolute Gasteiger partial charge is 0.123 e. The van der Waals surface area contributed by atoms with Crippen molar-refractivity contribution in [1.82, 2.24) is 4.98 Å². The van der Waals surface area contributed by atoms with Crippen LogP contribution in [0.4, 0.5) is 10.1 Å². The molecule has 0 saturated heterocycles. The molecule has 3 aromatic rings. The number of fused-ring (bicyclic) bond motifs is 1. The molecule has 1 atom stereocenters. The lowest BCUT2D eigenvalue weighted by Crippen LogP contribution is -2.05. The summed E-state index contributed by atoms with van der Waals surface area (Å²) in [5.41, 5.74) is 7.48. The highest BCUT2D eigenvalue weighted by atomic mass is 32.1. The van der Waals surface area contributed by atoms with Gasteiger partial charge < -0.3 is 10.8 Å². The molecule has 3 rings (SSSR count). The van der Waals surface area contributed by atoms with Gasteiger partial charge in [0.2, 0.25) is 0 Å². The van der Waals surface area contributed by atoms with Crippen molar-refractivity contribution < 1.29 is 9.50 Å². The average Bonchev–Trinajstić information content (AvgIpc) is 2.83. The fourth-order valence-corrected chi connectivity index (χ4v) is 3.12. The summed E-state index contributed by atoms with van der Waals surface area (Å²) in [6, 6.07) is 11.8. The number of anilines is 1. The largest absolute Gasteiger partial charge is 0.398 e. The minimum atomic E-state index is -0.855. The molecule has 102 valence electrons. The summed E-state index contributed by atoms with van der Waals surface area (Å²) in [6.45, 7) is 0. The number of halogens is 1. The van der Waals surface area contributed by atoms with Gasteiger partial charge in [0.1, 0.15) is 5.82 Å². The molecule has 0 bridgehead atoms. The second-order valence-electron chi connectivity index (χ2n) is 4.57. The number of nitrogens with zero attached hydrogens (tertiary/aromatic N) is 1. The summed E-state index contributed by atoms with van der Waals surface area (Å²) >= 11 is 1.52. The van der Waals surface area contributed by atoms with Crippen LogP contribution in [0.3, 0.4) is 0 Å². The molecule has 1 heterocycles. The summed E-state index contributed by atoms with van der Waals surface area (Å²) in [4.78, 5) is 4.45. The molecule has 0 saturated carbocycles. The normalized spacial score (nSPS) is 12.7. The van der Waals surface area contributed by atoms with Crippen molar-refractivity contribution in [1.29, 1.82) is 0 Å². The zero-order chi connectivity index (χ0) is 14.1. The van der Waals surface area contributed by atoms with E-state index in [2.05, 4.69) is 4.98 Å². The molecule has 3 nitrogen and oxygen atoms in total. The molecule has 0 aliphatic carbocycles. The van der Waals surface area contributed by atoms with Crippen LogP contribution in [0.15, 0.2) is 42.5 Å². The van der Waals surface area contributed by atoms with Crippen LogP contribution in [0.1, 0.15) is 16.7 Å². The molecule has 0 fully saturated rings. The molecule has 0 spiro atoms. The Labute approximate surface area is 119 Å². The van der Waals surface area contributed by atoms with E-state index in [1.807, 2.05) is 24.3 Å². The van der Waals surface area contributed by atoms with Gasteiger partial charge in [-0.2, -0.15) is 0 Å². The third kappa shape index (κ3) is 2.50. The van der Waals surface area contributed by atoms with E-state index in [-0.39, 0.29) is 0 Å². The van der Waals surface area contributed by atoms with Crippen LogP contribution in [-0.4, -0.2) is 10.1 Å². The van der Waals surface area contributed by atoms with E-state index in [0.29, 0.717) is 17.7 Å². The first-order valence-corrected chi connectivity index (χ1v) is 7.02. The molecule has 3 N–H and O–H groups in total. The van der Waals surface area contributed by atoms with Crippen LogP contribution < -0.4 is 5.73 Å². The first-order valence-electron chi connectivity index (χ1n) is 6.21. The van der Waals surface area contributed by atoms with Crippen molar-refractivity contribution >= 4 is 27.2 Å². The van der Waals surface area contributed by atoms with Crippen molar-refractivity contribution in [2.45, 2.75) is 12.5 Å². The number of para-hydroxylation sites is 1.